The molecule has 0 bridgehead atoms. The largest absolute Gasteiger partial charge is 0.264 e. The van der Waals surface area contributed by atoms with Gasteiger partial charge in [-0.15, -0.1) is 0 Å². The lowest BCUT2D eigenvalue weighted by molar-refractivity contribution is 0.974. The molecule has 0 N–H and O–H groups in total. The van der Waals surface area contributed by atoms with Crippen molar-refractivity contribution in [3.05, 3.63) is 168 Å². The molecule has 0 fully saturated rings. The highest BCUT2D eigenvalue weighted by atomic mass is 15.0. The van der Waals surface area contributed by atoms with E-state index < -0.39 is 0 Å². The van der Waals surface area contributed by atoms with E-state index in [4.69, 9.17) is 15.0 Å². The van der Waals surface area contributed by atoms with Crippen molar-refractivity contribution in [2.24, 2.45) is 0 Å². The third kappa shape index (κ3) is 5.69. The standard InChI is InChI=1S/C48H36N4/c1-3-13-39-31(2)40-19-10-11-20-43(40)45-29-34(22-23-44(39)45)36-26-37(41-21-12-18-35-30-49-25-24-42(35)41)28-38(27-36)48-51-46(32-14-6-4-7-15-32)50-47(52-48)33-16-8-5-9-17-33/h3-9,11-18,20-30H,10,19H2,1-2H3/b13-3-. The Labute approximate surface area is 303 Å². The first-order chi connectivity index (χ1) is 25.6. The number of aromatic nitrogens is 4. The van der Waals surface area contributed by atoms with Crippen molar-refractivity contribution < 1.29 is 0 Å². The molecule has 8 aromatic rings. The monoisotopic (exact) mass is 668 g/mol. The second kappa shape index (κ2) is 13.3. The molecule has 0 saturated heterocycles. The van der Waals surface area contributed by atoms with Crippen LogP contribution in [0.5, 0.6) is 0 Å². The van der Waals surface area contributed by atoms with Crippen molar-refractivity contribution in [1.29, 1.82) is 0 Å². The summed E-state index contributed by atoms with van der Waals surface area (Å²) >= 11 is 0. The molecule has 0 atom stereocenters. The molecule has 1 aliphatic carbocycles. The van der Waals surface area contributed by atoms with Crippen LogP contribution in [-0.2, 0) is 6.42 Å². The van der Waals surface area contributed by atoms with Crippen molar-refractivity contribution in [3.8, 4) is 56.4 Å². The minimum atomic E-state index is 0.629. The third-order valence-electron chi connectivity index (χ3n) is 10.2. The molecule has 0 saturated carbocycles. The second-order valence-electron chi connectivity index (χ2n) is 13.4. The number of benzene rings is 6. The molecule has 0 radical (unpaired) electrons. The Kier molecular flexibility index (Phi) is 8.05. The number of hydrogen-bond donors (Lipinski definition) is 0. The van der Waals surface area contributed by atoms with Crippen molar-refractivity contribution in [2.45, 2.75) is 26.7 Å². The van der Waals surface area contributed by atoms with Crippen LogP contribution in [0.3, 0.4) is 0 Å². The Morgan fingerprint density at radius 1 is 0.577 bits per heavy atom. The van der Waals surface area contributed by atoms with Gasteiger partial charge in [-0.2, -0.15) is 0 Å². The number of pyridine rings is 1. The maximum absolute atomic E-state index is 5.13. The highest BCUT2D eigenvalue weighted by molar-refractivity contribution is 6.02. The van der Waals surface area contributed by atoms with E-state index in [9.17, 15) is 0 Å². The summed E-state index contributed by atoms with van der Waals surface area (Å²) in [5.74, 6) is 1.91. The zero-order chi connectivity index (χ0) is 35.0. The third-order valence-corrected chi connectivity index (χ3v) is 10.2. The van der Waals surface area contributed by atoms with Gasteiger partial charge >= 0.3 is 0 Å². The molecule has 0 amide bonds. The average Bonchev–Trinajstić information content (AvgIpc) is 3.22. The Morgan fingerprint density at radius 2 is 1.27 bits per heavy atom. The van der Waals surface area contributed by atoms with Gasteiger partial charge < -0.3 is 0 Å². The highest BCUT2D eigenvalue weighted by Gasteiger charge is 2.19. The molecule has 6 aromatic carbocycles. The van der Waals surface area contributed by atoms with Crippen LogP contribution in [0.25, 0.3) is 90.1 Å². The molecule has 0 unspecified atom stereocenters. The van der Waals surface area contributed by atoms with Gasteiger partial charge in [0.25, 0.3) is 0 Å². The first-order valence-corrected chi connectivity index (χ1v) is 17.9. The van der Waals surface area contributed by atoms with Gasteiger partial charge in [-0.1, -0.05) is 115 Å². The van der Waals surface area contributed by atoms with Gasteiger partial charge in [-0.05, 0) is 118 Å². The van der Waals surface area contributed by atoms with Gasteiger partial charge in [0.2, 0.25) is 0 Å². The zero-order valence-electron chi connectivity index (χ0n) is 29.2. The minimum Gasteiger partial charge on any atom is -0.264 e. The van der Waals surface area contributed by atoms with Gasteiger partial charge in [0.05, 0.1) is 0 Å². The Balaban J connectivity index is 1.31. The molecule has 0 aliphatic heterocycles. The number of hydrogen-bond acceptors (Lipinski definition) is 4. The molecule has 4 nitrogen and oxygen atoms in total. The van der Waals surface area contributed by atoms with Crippen molar-refractivity contribution in [3.63, 3.8) is 0 Å². The summed E-state index contributed by atoms with van der Waals surface area (Å²) in [4.78, 5) is 19.6. The second-order valence-corrected chi connectivity index (χ2v) is 13.4. The molecule has 0 spiro atoms. The lowest BCUT2D eigenvalue weighted by Crippen LogP contribution is -2.02. The lowest BCUT2D eigenvalue weighted by atomic mass is 9.84. The van der Waals surface area contributed by atoms with Crippen molar-refractivity contribution in [1.82, 2.24) is 19.9 Å². The Hall–Kier alpha value is -6.52. The highest BCUT2D eigenvalue weighted by Crippen LogP contribution is 2.40. The van der Waals surface area contributed by atoms with Crippen LogP contribution in [-0.4, -0.2) is 19.9 Å². The van der Waals surface area contributed by atoms with Crippen LogP contribution in [0.4, 0.5) is 0 Å². The summed E-state index contributed by atoms with van der Waals surface area (Å²) < 4.78 is 0. The topological polar surface area (TPSA) is 51.6 Å². The average molecular weight is 669 g/mol. The SMILES string of the molecule is C/C=C\c1c(C)c2c(c3cc(-c4cc(-c5nc(-c6ccccc6)nc(-c6ccccc6)n5)cc(-c5cccc6cnccc56)c4)ccc13)C=CCC2. The summed E-state index contributed by atoms with van der Waals surface area (Å²) in [5.41, 5.74) is 12.8. The van der Waals surface area contributed by atoms with Crippen LogP contribution in [0.2, 0.25) is 0 Å². The molecule has 4 heteroatoms. The summed E-state index contributed by atoms with van der Waals surface area (Å²) in [5, 5.41) is 4.81. The van der Waals surface area contributed by atoms with Crippen LogP contribution in [0, 0.1) is 6.92 Å². The van der Waals surface area contributed by atoms with E-state index in [2.05, 4.69) is 104 Å². The van der Waals surface area contributed by atoms with Crippen molar-refractivity contribution in [2.75, 3.05) is 0 Å². The normalized spacial score (nSPS) is 12.5. The predicted octanol–water partition coefficient (Wildman–Crippen LogP) is 12.2. The maximum atomic E-state index is 5.13. The maximum Gasteiger partial charge on any atom is 0.164 e. The number of nitrogens with zero attached hydrogens (tertiary/aromatic N) is 4. The quantitative estimate of drug-likeness (QED) is 0.177. The molecule has 9 rings (SSSR count). The van der Waals surface area contributed by atoms with E-state index in [-0.39, 0.29) is 0 Å². The number of rotatable bonds is 6. The Morgan fingerprint density at radius 3 is 2.00 bits per heavy atom. The summed E-state index contributed by atoms with van der Waals surface area (Å²) in [6.45, 7) is 4.38. The predicted molar refractivity (Wildman–Crippen MR) is 217 cm³/mol. The number of allylic oxidation sites excluding steroid dienone is 2. The van der Waals surface area contributed by atoms with E-state index in [0.29, 0.717) is 17.5 Å². The first kappa shape index (κ1) is 31.5. The van der Waals surface area contributed by atoms with Gasteiger partial charge in [0, 0.05) is 34.5 Å². The van der Waals surface area contributed by atoms with E-state index in [1.807, 2.05) is 73.1 Å². The molecule has 2 aromatic heterocycles. The van der Waals surface area contributed by atoms with Crippen molar-refractivity contribution >= 4 is 33.7 Å². The minimum absolute atomic E-state index is 0.629. The van der Waals surface area contributed by atoms with E-state index in [1.165, 1.54) is 33.0 Å². The van der Waals surface area contributed by atoms with Crippen LogP contribution in [0.15, 0.2) is 146 Å². The van der Waals surface area contributed by atoms with Crippen LogP contribution < -0.4 is 0 Å². The fourth-order valence-electron chi connectivity index (χ4n) is 7.62. The van der Waals surface area contributed by atoms with Gasteiger partial charge in [-0.3, -0.25) is 4.98 Å². The summed E-state index contributed by atoms with van der Waals surface area (Å²) in [7, 11) is 0. The fraction of sp³-hybridized carbons (Fsp3) is 0.0833. The van der Waals surface area contributed by atoms with Crippen LogP contribution in [0.1, 0.15) is 35.6 Å². The van der Waals surface area contributed by atoms with Gasteiger partial charge in [-0.25, -0.2) is 15.0 Å². The zero-order valence-corrected chi connectivity index (χ0v) is 29.2. The fourth-order valence-corrected chi connectivity index (χ4v) is 7.62. The lowest BCUT2D eigenvalue weighted by Gasteiger charge is -2.21. The molecule has 52 heavy (non-hydrogen) atoms. The Bertz CT molecular complexity index is 2630. The molecule has 248 valence electrons. The van der Waals surface area contributed by atoms with E-state index in [0.717, 1.165) is 62.6 Å². The van der Waals surface area contributed by atoms with E-state index >= 15 is 0 Å². The summed E-state index contributed by atoms with van der Waals surface area (Å²) in [6.07, 6.45) is 15.0. The smallest absolute Gasteiger partial charge is 0.164 e. The first-order valence-electron chi connectivity index (χ1n) is 17.9. The van der Waals surface area contributed by atoms with Gasteiger partial charge in [0.1, 0.15) is 0 Å². The molecule has 1 aliphatic rings. The molecular weight excluding hydrogens is 633 g/mol. The van der Waals surface area contributed by atoms with Crippen LogP contribution >= 0.6 is 0 Å². The van der Waals surface area contributed by atoms with Gasteiger partial charge in [0.15, 0.2) is 17.5 Å². The van der Waals surface area contributed by atoms with E-state index in [1.54, 1.807) is 0 Å². The molecule has 2 heterocycles. The summed E-state index contributed by atoms with van der Waals surface area (Å²) in [6, 6.07) is 42.5. The number of fused-ring (bicyclic) bond motifs is 4. The molecular formula is C48H36N4.